The molecule has 0 radical (unpaired) electrons. The Morgan fingerprint density at radius 3 is 2.37 bits per heavy atom. The fourth-order valence-corrected chi connectivity index (χ4v) is 4.35. The molecule has 6 nitrogen and oxygen atoms in total. The highest BCUT2D eigenvalue weighted by atomic mass is 16.5. The van der Waals surface area contributed by atoms with Gasteiger partial charge in [-0.25, -0.2) is 4.79 Å². The second kappa shape index (κ2) is 16.0. The normalized spacial score (nSPS) is 11.9. The number of pyridine rings is 1. The van der Waals surface area contributed by atoms with Crippen LogP contribution in [0.5, 0.6) is 5.75 Å². The second-order valence-corrected chi connectivity index (χ2v) is 9.50. The smallest absolute Gasteiger partial charge is 0.335 e. The molecule has 6 heteroatoms. The van der Waals surface area contributed by atoms with Crippen molar-refractivity contribution >= 4 is 18.0 Å². The monoisotopic (exact) mass is 515 g/mol. The topological polar surface area (TPSA) is 96.7 Å². The molecule has 200 valence electrons. The summed E-state index contributed by atoms with van der Waals surface area (Å²) in [6, 6.07) is 21.2. The molecule has 1 unspecified atom stereocenters. The Labute approximate surface area is 225 Å². The number of rotatable bonds is 17. The highest BCUT2D eigenvalue weighted by Gasteiger charge is 2.10. The number of ether oxygens (including phenoxy) is 1. The summed E-state index contributed by atoms with van der Waals surface area (Å²) in [5, 5.41) is 18.1. The lowest BCUT2D eigenvalue weighted by Crippen LogP contribution is -2.04. The Bertz CT molecular complexity index is 1160. The first-order chi connectivity index (χ1) is 18.5. The summed E-state index contributed by atoms with van der Waals surface area (Å²) in [5.41, 5.74) is 3.44. The van der Waals surface area contributed by atoms with Gasteiger partial charge in [-0.1, -0.05) is 55.0 Å². The van der Waals surface area contributed by atoms with Crippen LogP contribution < -0.4 is 4.74 Å². The number of hydrogen-bond donors (Lipinski definition) is 2. The van der Waals surface area contributed by atoms with E-state index in [0.29, 0.717) is 13.0 Å². The minimum absolute atomic E-state index is 0.160. The molecule has 0 spiro atoms. The third kappa shape index (κ3) is 10.6. The van der Waals surface area contributed by atoms with Crippen LogP contribution in [0, 0.1) is 5.92 Å². The van der Waals surface area contributed by atoms with Crippen LogP contribution >= 0.6 is 0 Å². The van der Waals surface area contributed by atoms with Gasteiger partial charge in [0.1, 0.15) is 11.4 Å². The average Bonchev–Trinajstić information content (AvgIpc) is 2.92. The molecule has 1 aromatic heterocycles. The number of carboxylic acids is 2. The third-order valence-electron chi connectivity index (χ3n) is 6.45. The Morgan fingerprint density at radius 1 is 0.842 bits per heavy atom. The van der Waals surface area contributed by atoms with Gasteiger partial charge in [-0.15, -0.1) is 0 Å². The Balaban J connectivity index is 1.56. The molecule has 1 heterocycles. The predicted octanol–water partition coefficient (Wildman–Crippen LogP) is 7.09. The molecular weight excluding hydrogens is 478 g/mol. The van der Waals surface area contributed by atoms with Crippen molar-refractivity contribution in [1.29, 1.82) is 0 Å². The zero-order valence-electron chi connectivity index (χ0n) is 21.8. The highest BCUT2D eigenvalue weighted by molar-refractivity contribution is 5.87. The van der Waals surface area contributed by atoms with E-state index < -0.39 is 11.9 Å². The molecular formula is C32H37NO5. The number of aryl methyl sites for hydroxylation is 1. The molecule has 2 aromatic carbocycles. The highest BCUT2D eigenvalue weighted by Crippen LogP contribution is 2.23. The second-order valence-electron chi connectivity index (χ2n) is 9.50. The lowest BCUT2D eigenvalue weighted by Gasteiger charge is -2.14. The standard InChI is InChI=1S/C32H37NO5/c34-31(35)15-7-6-13-26(24-27-16-19-28(20-17-27)32(36)37)18-21-29-30(14-9-22-33-29)38-23-8-2-5-12-25-10-3-1-4-11-25/h1,3-4,9-11,14,16-22,26H,2,5-8,12-13,15,23-24H2,(H,34,35)(H,36,37). The number of benzene rings is 2. The van der Waals surface area contributed by atoms with Gasteiger partial charge in [0.05, 0.1) is 12.2 Å². The number of allylic oxidation sites excluding steroid dienone is 1. The predicted molar refractivity (Wildman–Crippen MR) is 149 cm³/mol. The summed E-state index contributed by atoms with van der Waals surface area (Å²) < 4.78 is 6.07. The summed E-state index contributed by atoms with van der Waals surface area (Å²) >= 11 is 0. The van der Waals surface area contributed by atoms with E-state index in [4.69, 9.17) is 14.9 Å². The van der Waals surface area contributed by atoms with Crippen molar-refractivity contribution in [3.8, 4) is 5.75 Å². The Hall–Kier alpha value is -3.93. The molecule has 0 bridgehead atoms. The zero-order chi connectivity index (χ0) is 27.0. The number of aromatic carboxylic acids is 1. The molecule has 0 saturated heterocycles. The first kappa shape index (κ1) is 28.6. The molecule has 0 aliphatic carbocycles. The van der Waals surface area contributed by atoms with E-state index in [2.05, 4.69) is 35.3 Å². The Kier molecular flexibility index (Phi) is 12.1. The molecule has 0 aliphatic heterocycles. The summed E-state index contributed by atoms with van der Waals surface area (Å²) in [6.07, 6.45) is 13.3. The number of nitrogens with zero attached hydrogens (tertiary/aromatic N) is 1. The van der Waals surface area contributed by atoms with E-state index in [9.17, 15) is 9.59 Å². The lowest BCUT2D eigenvalue weighted by molar-refractivity contribution is -0.137. The van der Waals surface area contributed by atoms with Gasteiger partial charge in [-0.05, 0) is 92.3 Å². The quantitative estimate of drug-likeness (QED) is 0.186. The number of carboxylic acid groups (broad SMARTS) is 2. The van der Waals surface area contributed by atoms with Gasteiger partial charge in [0, 0.05) is 12.6 Å². The largest absolute Gasteiger partial charge is 0.491 e. The van der Waals surface area contributed by atoms with Gasteiger partial charge in [0.2, 0.25) is 0 Å². The van der Waals surface area contributed by atoms with E-state index in [1.165, 1.54) is 5.56 Å². The minimum atomic E-state index is -0.944. The fraction of sp³-hybridized carbons (Fsp3) is 0.344. The van der Waals surface area contributed by atoms with Crippen LogP contribution in [0.2, 0.25) is 0 Å². The number of unbranched alkanes of at least 4 members (excludes halogenated alkanes) is 3. The minimum Gasteiger partial charge on any atom is -0.491 e. The summed E-state index contributed by atoms with van der Waals surface area (Å²) in [4.78, 5) is 26.6. The number of aliphatic carboxylic acids is 1. The van der Waals surface area contributed by atoms with Crippen molar-refractivity contribution in [2.75, 3.05) is 6.61 Å². The lowest BCUT2D eigenvalue weighted by atomic mass is 9.92. The molecule has 1 atom stereocenters. The van der Waals surface area contributed by atoms with Gasteiger partial charge >= 0.3 is 11.9 Å². The van der Waals surface area contributed by atoms with Crippen LogP contribution in [0.1, 0.15) is 72.1 Å². The van der Waals surface area contributed by atoms with Crippen molar-refractivity contribution in [3.05, 3.63) is 101 Å². The van der Waals surface area contributed by atoms with Crippen LogP contribution in [-0.2, 0) is 17.6 Å². The van der Waals surface area contributed by atoms with Crippen LogP contribution in [0.4, 0.5) is 0 Å². The van der Waals surface area contributed by atoms with Crippen molar-refractivity contribution in [3.63, 3.8) is 0 Å². The van der Waals surface area contributed by atoms with Gasteiger partial charge in [0.15, 0.2) is 0 Å². The molecule has 0 amide bonds. The van der Waals surface area contributed by atoms with Crippen LogP contribution in [-0.4, -0.2) is 33.7 Å². The Morgan fingerprint density at radius 2 is 1.63 bits per heavy atom. The first-order valence-corrected chi connectivity index (χ1v) is 13.3. The summed E-state index contributed by atoms with van der Waals surface area (Å²) in [7, 11) is 0. The maximum absolute atomic E-state index is 11.2. The van der Waals surface area contributed by atoms with Crippen molar-refractivity contribution in [2.45, 2.75) is 57.8 Å². The van der Waals surface area contributed by atoms with Gasteiger partial charge in [-0.3, -0.25) is 9.78 Å². The van der Waals surface area contributed by atoms with Gasteiger partial charge in [0.25, 0.3) is 0 Å². The first-order valence-electron chi connectivity index (χ1n) is 13.3. The fourth-order valence-electron chi connectivity index (χ4n) is 4.35. The van der Waals surface area contributed by atoms with E-state index in [1.807, 2.05) is 36.4 Å². The summed E-state index contributed by atoms with van der Waals surface area (Å²) in [6.45, 7) is 0.635. The molecule has 0 fully saturated rings. The summed E-state index contributed by atoms with van der Waals surface area (Å²) in [5.74, 6) is -0.813. The van der Waals surface area contributed by atoms with Crippen LogP contribution in [0.3, 0.4) is 0 Å². The van der Waals surface area contributed by atoms with E-state index >= 15 is 0 Å². The third-order valence-corrected chi connectivity index (χ3v) is 6.45. The average molecular weight is 516 g/mol. The molecule has 3 rings (SSSR count). The zero-order valence-corrected chi connectivity index (χ0v) is 21.8. The maximum Gasteiger partial charge on any atom is 0.335 e. The van der Waals surface area contributed by atoms with Crippen molar-refractivity contribution in [2.24, 2.45) is 5.92 Å². The molecule has 0 aliphatic rings. The van der Waals surface area contributed by atoms with Crippen LogP contribution in [0.25, 0.3) is 6.08 Å². The molecule has 3 aromatic rings. The number of hydrogen-bond acceptors (Lipinski definition) is 4. The van der Waals surface area contributed by atoms with Gasteiger partial charge in [-0.2, -0.15) is 0 Å². The van der Waals surface area contributed by atoms with Gasteiger partial charge < -0.3 is 14.9 Å². The van der Waals surface area contributed by atoms with E-state index in [0.717, 1.165) is 62.0 Å². The molecule has 2 N–H and O–H groups in total. The maximum atomic E-state index is 11.2. The van der Waals surface area contributed by atoms with E-state index in [1.54, 1.807) is 18.3 Å². The molecule has 38 heavy (non-hydrogen) atoms. The van der Waals surface area contributed by atoms with Crippen molar-refractivity contribution < 1.29 is 24.5 Å². The van der Waals surface area contributed by atoms with Crippen LogP contribution in [0.15, 0.2) is 79.0 Å². The SMILES string of the molecule is O=C(O)CCCCC(C=Cc1ncccc1OCCCCCc1ccccc1)Cc1ccc(C(=O)O)cc1. The van der Waals surface area contributed by atoms with E-state index in [-0.39, 0.29) is 17.9 Å². The molecule has 0 saturated carbocycles. The number of aromatic nitrogens is 1. The van der Waals surface area contributed by atoms with Crippen molar-refractivity contribution in [1.82, 2.24) is 4.98 Å². The number of carbonyl (C=O) groups is 2.